The second-order valence-electron chi connectivity index (χ2n) is 4.54. The maximum Gasteiger partial charge on any atom is 0.307 e. The number of hydrogen-bond donors (Lipinski definition) is 2. The number of carboxylic acids is 2. The van der Waals surface area contributed by atoms with Crippen molar-refractivity contribution in [2.45, 2.75) is 58.3 Å². The van der Waals surface area contributed by atoms with Crippen LogP contribution in [0.5, 0.6) is 0 Å². The van der Waals surface area contributed by atoms with E-state index in [9.17, 15) is 9.59 Å². The maximum absolute atomic E-state index is 10.8. The molecule has 0 heterocycles. The Bertz CT molecular complexity index is 271. The monoisotopic (exact) mass is 256 g/mol. The fourth-order valence-corrected chi connectivity index (χ4v) is 1.73. The van der Waals surface area contributed by atoms with Crippen LogP contribution in [0.15, 0.2) is 12.2 Å². The molecule has 0 aliphatic rings. The summed E-state index contributed by atoms with van der Waals surface area (Å²) in [4.78, 5) is 21.2. The molecular weight excluding hydrogens is 232 g/mol. The summed E-state index contributed by atoms with van der Waals surface area (Å²) in [7, 11) is 0. The van der Waals surface area contributed by atoms with Crippen LogP contribution in [0, 0.1) is 5.92 Å². The first kappa shape index (κ1) is 16.7. The molecule has 1 atom stereocenters. The number of carbonyl (C=O) groups is 2. The summed E-state index contributed by atoms with van der Waals surface area (Å²) < 4.78 is 0. The highest BCUT2D eigenvalue weighted by atomic mass is 16.4. The Balaban J connectivity index is 3.70. The minimum Gasteiger partial charge on any atom is -0.481 e. The number of rotatable bonds is 11. The Morgan fingerprint density at radius 2 is 1.72 bits per heavy atom. The van der Waals surface area contributed by atoms with Crippen molar-refractivity contribution in [2.75, 3.05) is 0 Å². The predicted octanol–water partition coefficient (Wildman–Crippen LogP) is 3.47. The molecule has 0 fully saturated rings. The van der Waals surface area contributed by atoms with Gasteiger partial charge in [-0.3, -0.25) is 9.59 Å². The highest BCUT2D eigenvalue weighted by molar-refractivity contribution is 5.77. The average molecular weight is 256 g/mol. The molecule has 2 N–H and O–H groups in total. The van der Waals surface area contributed by atoms with Crippen LogP contribution in [-0.2, 0) is 9.59 Å². The molecule has 0 aliphatic heterocycles. The van der Waals surface area contributed by atoms with Crippen molar-refractivity contribution < 1.29 is 19.8 Å². The van der Waals surface area contributed by atoms with Gasteiger partial charge in [-0.15, -0.1) is 0 Å². The van der Waals surface area contributed by atoms with Crippen LogP contribution >= 0.6 is 0 Å². The van der Waals surface area contributed by atoms with Gasteiger partial charge >= 0.3 is 11.9 Å². The van der Waals surface area contributed by atoms with Crippen molar-refractivity contribution >= 4 is 11.9 Å². The Hall–Kier alpha value is -1.32. The molecule has 0 aromatic carbocycles. The minimum absolute atomic E-state index is 0.302. The number of hydrogen-bond acceptors (Lipinski definition) is 2. The smallest absolute Gasteiger partial charge is 0.307 e. The third kappa shape index (κ3) is 9.87. The topological polar surface area (TPSA) is 74.6 Å². The SMILES string of the molecule is CCCCCCC/C=C/C[C@@H](CC(=O)O)C(=O)O. The summed E-state index contributed by atoms with van der Waals surface area (Å²) in [6.07, 6.45) is 10.8. The number of carboxylic acid groups (broad SMARTS) is 2. The van der Waals surface area contributed by atoms with Crippen molar-refractivity contribution in [1.82, 2.24) is 0 Å². The van der Waals surface area contributed by atoms with Crippen LogP contribution in [0.1, 0.15) is 58.3 Å². The van der Waals surface area contributed by atoms with Gasteiger partial charge in [-0.2, -0.15) is 0 Å². The van der Waals surface area contributed by atoms with Crippen LogP contribution < -0.4 is 0 Å². The van der Waals surface area contributed by atoms with Crippen molar-refractivity contribution in [3.63, 3.8) is 0 Å². The van der Waals surface area contributed by atoms with Gasteiger partial charge in [0.2, 0.25) is 0 Å². The molecule has 0 saturated carbocycles. The van der Waals surface area contributed by atoms with E-state index in [1.165, 1.54) is 25.7 Å². The molecule has 0 saturated heterocycles. The summed E-state index contributed by atoms with van der Waals surface area (Å²) in [5.74, 6) is -2.90. The van der Waals surface area contributed by atoms with E-state index in [1.807, 2.05) is 6.08 Å². The molecule has 4 nitrogen and oxygen atoms in total. The predicted molar refractivity (Wildman–Crippen MR) is 70.5 cm³/mol. The van der Waals surface area contributed by atoms with E-state index in [1.54, 1.807) is 6.08 Å². The summed E-state index contributed by atoms with van der Waals surface area (Å²) in [5, 5.41) is 17.4. The van der Waals surface area contributed by atoms with Crippen molar-refractivity contribution in [3.8, 4) is 0 Å². The van der Waals surface area contributed by atoms with Gasteiger partial charge in [0.1, 0.15) is 0 Å². The summed E-state index contributed by atoms with van der Waals surface area (Å²) in [6, 6.07) is 0. The lowest BCUT2D eigenvalue weighted by Crippen LogP contribution is -2.16. The van der Waals surface area contributed by atoms with Crippen LogP contribution in [0.3, 0.4) is 0 Å². The number of aliphatic carboxylic acids is 2. The quantitative estimate of drug-likeness (QED) is 0.438. The number of allylic oxidation sites excluding steroid dienone is 2. The first-order valence-electron chi connectivity index (χ1n) is 6.67. The minimum atomic E-state index is -1.06. The molecule has 18 heavy (non-hydrogen) atoms. The Morgan fingerprint density at radius 3 is 2.28 bits per heavy atom. The Kier molecular flexibility index (Phi) is 10.0. The van der Waals surface area contributed by atoms with Gasteiger partial charge in [0.15, 0.2) is 0 Å². The molecule has 0 aromatic heterocycles. The zero-order valence-corrected chi connectivity index (χ0v) is 11.1. The normalized spacial score (nSPS) is 12.7. The first-order chi connectivity index (χ1) is 8.57. The van der Waals surface area contributed by atoms with Crippen LogP contribution in [0.25, 0.3) is 0 Å². The number of unbranched alkanes of at least 4 members (excludes halogenated alkanes) is 5. The van der Waals surface area contributed by atoms with Crippen LogP contribution in [0.4, 0.5) is 0 Å². The zero-order valence-electron chi connectivity index (χ0n) is 11.1. The molecule has 104 valence electrons. The summed E-state index contributed by atoms with van der Waals surface area (Å²) >= 11 is 0. The molecular formula is C14H24O4. The van der Waals surface area contributed by atoms with E-state index >= 15 is 0 Å². The second kappa shape index (κ2) is 10.8. The van der Waals surface area contributed by atoms with Crippen molar-refractivity contribution in [2.24, 2.45) is 5.92 Å². The van der Waals surface area contributed by atoms with Gasteiger partial charge in [-0.05, 0) is 19.3 Å². The first-order valence-corrected chi connectivity index (χ1v) is 6.67. The lowest BCUT2D eigenvalue weighted by atomic mass is 10.0. The van der Waals surface area contributed by atoms with E-state index in [4.69, 9.17) is 10.2 Å². The van der Waals surface area contributed by atoms with Gasteiger partial charge < -0.3 is 10.2 Å². The van der Waals surface area contributed by atoms with E-state index < -0.39 is 17.9 Å². The lowest BCUT2D eigenvalue weighted by molar-refractivity contribution is -0.148. The molecule has 0 unspecified atom stereocenters. The second-order valence-corrected chi connectivity index (χ2v) is 4.54. The fraction of sp³-hybridized carbons (Fsp3) is 0.714. The highest BCUT2D eigenvalue weighted by Gasteiger charge is 2.18. The van der Waals surface area contributed by atoms with Crippen molar-refractivity contribution in [1.29, 1.82) is 0 Å². The van der Waals surface area contributed by atoms with Gasteiger partial charge in [-0.25, -0.2) is 0 Å². The molecule has 0 radical (unpaired) electrons. The van der Waals surface area contributed by atoms with E-state index in [0.717, 1.165) is 12.8 Å². The van der Waals surface area contributed by atoms with Gasteiger partial charge in [-0.1, -0.05) is 44.8 Å². The van der Waals surface area contributed by atoms with E-state index in [0.29, 0.717) is 6.42 Å². The van der Waals surface area contributed by atoms with E-state index in [-0.39, 0.29) is 6.42 Å². The van der Waals surface area contributed by atoms with Crippen LogP contribution in [0.2, 0.25) is 0 Å². The van der Waals surface area contributed by atoms with E-state index in [2.05, 4.69) is 6.92 Å². The fourth-order valence-electron chi connectivity index (χ4n) is 1.73. The Morgan fingerprint density at radius 1 is 1.06 bits per heavy atom. The zero-order chi connectivity index (χ0) is 13.8. The molecule has 0 spiro atoms. The third-order valence-corrected chi connectivity index (χ3v) is 2.83. The maximum atomic E-state index is 10.8. The van der Waals surface area contributed by atoms with Gasteiger partial charge in [0, 0.05) is 0 Å². The summed E-state index contributed by atoms with van der Waals surface area (Å²) in [5.41, 5.74) is 0. The lowest BCUT2D eigenvalue weighted by Gasteiger charge is -2.05. The molecule has 0 aromatic rings. The standard InChI is InChI=1S/C14H24O4/c1-2-3-4-5-6-7-8-9-10-12(14(17)18)11-13(15)16/h8-9,12H,2-7,10-11H2,1H3,(H,15,16)(H,17,18)/b9-8+/t12-/m0/s1. The molecule has 0 rings (SSSR count). The summed E-state index contributed by atoms with van der Waals surface area (Å²) in [6.45, 7) is 2.17. The largest absolute Gasteiger partial charge is 0.481 e. The molecule has 0 bridgehead atoms. The molecule has 4 heteroatoms. The molecule has 0 aliphatic carbocycles. The molecule has 0 amide bonds. The Labute approximate surface area is 109 Å². The van der Waals surface area contributed by atoms with Crippen LogP contribution in [-0.4, -0.2) is 22.2 Å². The van der Waals surface area contributed by atoms with Gasteiger partial charge in [0.05, 0.1) is 12.3 Å². The van der Waals surface area contributed by atoms with Gasteiger partial charge in [0.25, 0.3) is 0 Å². The average Bonchev–Trinajstić information content (AvgIpc) is 2.30. The highest BCUT2D eigenvalue weighted by Crippen LogP contribution is 2.11. The third-order valence-electron chi connectivity index (χ3n) is 2.83. The van der Waals surface area contributed by atoms with Crippen molar-refractivity contribution in [3.05, 3.63) is 12.2 Å².